The second-order valence-electron chi connectivity index (χ2n) is 5.20. The van der Waals surface area contributed by atoms with E-state index < -0.39 is 0 Å². The molecule has 1 aromatic heterocycles. The summed E-state index contributed by atoms with van der Waals surface area (Å²) in [6.07, 6.45) is 5.08. The lowest BCUT2D eigenvalue weighted by Gasteiger charge is -2.18. The number of nitrogens with two attached hydrogens (primary N) is 1. The number of hydrogen-bond acceptors (Lipinski definition) is 2. The summed E-state index contributed by atoms with van der Waals surface area (Å²) in [6, 6.07) is 8.79. The average molecular weight is 241 g/mol. The van der Waals surface area contributed by atoms with E-state index in [1.165, 1.54) is 11.1 Å². The van der Waals surface area contributed by atoms with Gasteiger partial charge in [-0.2, -0.15) is 0 Å². The van der Waals surface area contributed by atoms with Crippen molar-refractivity contribution in [3.8, 4) is 0 Å². The normalized spacial score (nSPS) is 18.7. The molecule has 1 unspecified atom stereocenters. The zero-order valence-corrected chi connectivity index (χ0v) is 10.8. The third-order valence-electron chi connectivity index (χ3n) is 3.73. The second-order valence-corrected chi connectivity index (χ2v) is 5.20. The van der Waals surface area contributed by atoms with Gasteiger partial charge in [-0.3, -0.25) is 0 Å². The number of aryl methyl sites for hydroxylation is 2. The molecule has 0 fully saturated rings. The third kappa shape index (κ3) is 2.18. The van der Waals surface area contributed by atoms with Gasteiger partial charge in [0.15, 0.2) is 0 Å². The highest BCUT2D eigenvalue weighted by atomic mass is 15.1. The number of hydrogen-bond donors (Lipinski definition) is 1. The molecule has 18 heavy (non-hydrogen) atoms. The average Bonchev–Trinajstić information content (AvgIpc) is 2.73. The standard InChI is InChI=1S/C15H19N3/c1-11-4-2-3-5-12(11)8-14-10-18-7-6-13(16)9-15(18)17-14/h2-5,10,13H,6-9,16H2,1H3. The lowest BCUT2D eigenvalue weighted by Crippen LogP contribution is -2.30. The number of imidazole rings is 1. The minimum Gasteiger partial charge on any atom is -0.335 e. The molecule has 2 heterocycles. The maximum Gasteiger partial charge on any atom is 0.110 e. The van der Waals surface area contributed by atoms with Gasteiger partial charge >= 0.3 is 0 Å². The molecule has 0 bridgehead atoms. The van der Waals surface area contributed by atoms with Crippen LogP contribution in [0.1, 0.15) is 29.1 Å². The topological polar surface area (TPSA) is 43.8 Å². The summed E-state index contributed by atoms with van der Waals surface area (Å²) >= 11 is 0. The van der Waals surface area contributed by atoms with Crippen LogP contribution in [0.4, 0.5) is 0 Å². The van der Waals surface area contributed by atoms with Gasteiger partial charge in [0, 0.05) is 31.6 Å². The van der Waals surface area contributed by atoms with Crippen LogP contribution in [0.25, 0.3) is 0 Å². The predicted molar refractivity (Wildman–Crippen MR) is 72.5 cm³/mol. The number of nitrogens with zero attached hydrogens (tertiary/aromatic N) is 2. The molecule has 1 aliphatic heterocycles. The van der Waals surface area contributed by atoms with Crippen LogP contribution in [0.3, 0.4) is 0 Å². The molecule has 3 rings (SSSR count). The van der Waals surface area contributed by atoms with Crippen LogP contribution in [-0.4, -0.2) is 15.6 Å². The molecule has 0 spiro atoms. The first-order chi connectivity index (χ1) is 8.72. The number of rotatable bonds is 2. The maximum atomic E-state index is 5.98. The van der Waals surface area contributed by atoms with E-state index in [0.29, 0.717) is 0 Å². The molecule has 1 aliphatic rings. The Bertz CT molecular complexity index is 557. The van der Waals surface area contributed by atoms with Gasteiger partial charge in [0.25, 0.3) is 0 Å². The molecule has 2 N–H and O–H groups in total. The van der Waals surface area contributed by atoms with Crippen molar-refractivity contribution in [3.05, 3.63) is 53.1 Å². The molecule has 0 amide bonds. The van der Waals surface area contributed by atoms with Crippen molar-refractivity contribution in [3.63, 3.8) is 0 Å². The van der Waals surface area contributed by atoms with Crippen LogP contribution < -0.4 is 5.73 Å². The SMILES string of the molecule is Cc1ccccc1Cc1cn2c(n1)CC(N)CC2. The molecule has 94 valence electrons. The van der Waals surface area contributed by atoms with E-state index in [4.69, 9.17) is 10.7 Å². The monoisotopic (exact) mass is 241 g/mol. The van der Waals surface area contributed by atoms with Gasteiger partial charge in [-0.15, -0.1) is 0 Å². The van der Waals surface area contributed by atoms with Gasteiger partial charge in [0.1, 0.15) is 5.82 Å². The fraction of sp³-hybridized carbons (Fsp3) is 0.400. The Kier molecular flexibility index (Phi) is 2.92. The van der Waals surface area contributed by atoms with Crippen LogP contribution in [0.5, 0.6) is 0 Å². The Labute approximate surface area is 108 Å². The first-order valence-corrected chi connectivity index (χ1v) is 6.57. The Morgan fingerprint density at radius 3 is 3.06 bits per heavy atom. The minimum absolute atomic E-state index is 0.284. The van der Waals surface area contributed by atoms with Crippen LogP contribution >= 0.6 is 0 Å². The first kappa shape index (κ1) is 11.5. The van der Waals surface area contributed by atoms with E-state index in [0.717, 1.165) is 37.3 Å². The van der Waals surface area contributed by atoms with E-state index in [1.54, 1.807) is 0 Å². The summed E-state index contributed by atoms with van der Waals surface area (Å²) in [5.74, 6) is 1.15. The first-order valence-electron chi connectivity index (χ1n) is 6.57. The highest BCUT2D eigenvalue weighted by Crippen LogP contribution is 2.17. The van der Waals surface area contributed by atoms with Crippen molar-refractivity contribution in [2.75, 3.05) is 0 Å². The van der Waals surface area contributed by atoms with E-state index in [9.17, 15) is 0 Å². The van der Waals surface area contributed by atoms with Crippen LogP contribution in [0.2, 0.25) is 0 Å². The lowest BCUT2D eigenvalue weighted by molar-refractivity contribution is 0.463. The molecule has 3 nitrogen and oxygen atoms in total. The highest BCUT2D eigenvalue weighted by Gasteiger charge is 2.17. The van der Waals surface area contributed by atoms with Gasteiger partial charge in [0.05, 0.1) is 5.69 Å². The lowest BCUT2D eigenvalue weighted by atomic mass is 10.0. The summed E-state index contributed by atoms with van der Waals surface area (Å²) in [7, 11) is 0. The molecule has 0 saturated heterocycles. The van der Waals surface area contributed by atoms with Crippen molar-refractivity contribution in [1.82, 2.24) is 9.55 Å². The smallest absolute Gasteiger partial charge is 0.110 e. The van der Waals surface area contributed by atoms with Crippen molar-refractivity contribution in [2.45, 2.75) is 38.8 Å². The number of aromatic nitrogens is 2. The van der Waals surface area contributed by atoms with E-state index in [1.807, 2.05) is 0 Å². The van der Waals surface area contributed by atoms with Gasteiger partial charge < -0.3 is 10.3 Å². The molecular weight excluding hydrogens is 222 g/mol. The summed E-state index contributed by atoms with van der Waals surface area (Å²) < 4.78 is 2.26. The van der Waals surface area contributed by atoms with Gasteiger partial charge in [0.2, 0.25) is 0 Å². The van der Waals surface area contributed by atoms with E-state index >= 15 is 0 Å². The van der Waals surface area contributed by atoms with Crippen LogP contribution in [0, 0.1) is 6.92 Å². The zero-order chi connectivity index (χ0) is 12.5. The van der Waals surface area contributed by atoms with Crippen molar-refractivity contribution in [2.24, 2.45) is 5.73 Å². The number of benzene rings is 1. The molecule has 0 saturated carbocycles. The van der Waals surface area contributed by atoms with Gasteiger partial charge in [-0.05, 0) is 24.5 Å². The van der Waals surface area contributed by atoms with E-state index in [2.05, 4.69) is 42.0 Å². The summed E-state index contributed by atoms with van der Waals surface area (Å²) in [4.78, 5) is 4.72. The van der Waals surface area contributed by atoms with Crippen molar-refractivity contribution < 1.29 is 0 Å². The van der Waals surface area contributed by atoms with Crippen molar-refractivity contribution in [1.29, 1.82) is 0 Å². The molecule has 1 atom stereocenters. The molecular formula is C15H19N3. The molecule has 0 radical (unpaired) electrons. The minimum atomic E-state index is 0.284. The third-order valence-corrected chi connectivity index (χ3v) is 3.73. The number of fused-ring (bicyclic) bond motifs is 1. The maximum absolute atomic E-state index is 5.98. The predicted octanol–water partition coefficient (Wildman–Crippen LogP) is 2.06. The Balaban J connectivity index is 1.84. The fourth-order valence-electron chi connectivity index (χ4n) is 2.60. The highest BCUT2D eigenvalue weighted by molar-refractivity contribution is 5.29. The summed E-state index contributed by atoms with van der Waals surface area (Å²) in [5.41, 5.74) is 9.83. The molecule has 1 aromatic carbocycles. The Hall–Kier alpha value is -1.61. The zero-order valence-electron chi connectivity index (χ0n) is 10.8. The van der Waals surface area contributed by atoms with Gasteiger partial charge in [-0.1, -0.05) is 24.3 Å². The second kappa shape index (κ2) is 4.58. The van der Waals surface area contributed by atoms with E-state index in [-0.39, 0.29) is 6.04 Å². The van der Waals surface area contributed by atoms with Gasteiger partial charge in [-0.25, -0.2) is 4.98 Å². The van der Waals surface area contributed by atoms with Crippen LogP contribution in [0.15, 0.2) is 30.5 Å². The molecule has 0 aliphatic carbocycles. The molecule has 2 aromatic rings. The van der Waals surface area contributed by atoms with Crippen LogP contribution in [-0.2, 0) is 19.4 Å². The summed E-state index contributed by atoms with van der Waals surface area (Å²) in [5, 5.41) is 0. The Morgan fingerprint density at radius 2 is 2.22 bits per heavy atom. The fourth-order valence-corrected chi connectivity index (χ4v) is 2.60. The summed E-state index contributed by atoms with van der Waals surface area (Å²) in [6.45, 7) is 3.17. The van der Waals surface area contributed by atoms with Crippen molar-refractivity contribution >= 4 is 0 Å². The Morgan fingerprint density at radius 1 is 1.39 bits per heavy atom. The molecule has 3 heteroatoms. The largest absolute Gasteiger partial charge is 0.335 e. The quantitative estimate of drug-likeness (QED) is 0.874.